The molecule has 4 nitrogen and oxygen atoms in total. The smallest absolute Gasteiger partial charge is 0.0695 e. The Bertz CT molecular complexity index is 499. The zero-order valence-electron chi connectivity index (χ0n) is 12.4. The van der Waals surface area contributed by atoms with Gasteiger partial charge >= 0.3 is 0 Å². The van der Waals surface area contributed by atoms with Gasteiger partial charge in [0.15, 0.2) is 0 Å². The highest BCUT2D eigenvalue weighted by molar-refractivity contribution is 5.80. The molecule has 0 amide bonds. The van der Waals surface area contributed by atoms with Gasteiger partial charge in [0.25, 0.3) is 0 Å². The topological polar surface area (TPSA) is 74.3 Å². The van der Waals surface area contributed by atoms with E-state index in [1.807, 2.05) is 12.3 Å². The summed E-state index contributed by atoms with van der Waals surface area (Å²) in [5.74, 6) is 0.00126. The van der Waals surface area contributed by atoms with Gasteiger partial charge in [0.2, 0.25) is 0 Å². The van der Waals surface area contributed by atoms with Crippen LogP contribution < -0.4 is 11.1 Å². The van der Waals surface area contributed by atoms with Crippen LogP contribution in [0.5, 0.6) is 0 Å². The van der Waals surface area contributed by atoms with Gasteiger partial charge in [-0.15, -0.1) is 0 Å². The average Bonchev–Trinajstić information content (AvgIpc) is 2.43. The fourth-order valence-corrected chi connectivity index (χ4v) is 2.56. The number of hydrogen-bond donors (Lipinski definition) is 3. The average molecular weight is 272 g/mol. The SMILES string of the molecule is CC1=CC(C)=C(C=NC2CC=CC(C=N)C2N)N[C@@H]1C. The molecule has 0 radical (unpaired) electrons. The van der Waals surface area contributed by atoms with Crippen molar-refractivity contribution in [3.05, 3.63) is 35.1 Å². The number of allylic oxidation sites excluding steroid dienone is 3. The van der Waals surface area contributed by atoms with Crippen LogP contribution in [0, 0.1) is 11.3 Å². The second-order valence-electron chi connectivity index (χ2n) is 5.68. The normalized spacial score (nSPS) is 34.1. The van der Waals surface area contributed by atoms with E-state index in [0.29, 0.717) is 6.04 Å². The Kier molecular flexibility index (Phi) is 4.55. The van der Waals surface area contributed by atoms with Crippen molar-refractivity contribution in [2.75, 3.05) is 0 Å². The third kappa shape index (κ3) is 3.07. The van der Waals surface area contributed by atoms with Crippen LogP contribution in [0.3, 0.4) is 0 Å². The molecule has 4 heteroatoms. The van der Waals surface area contributed by atoms with Crippen LogP contribution in [0.25, 0.3) is 0 Å². The summed E-state index contributed by atoms with van der Waals surface area (Å²) in [6.45, 7) is 6.36. The lowest BCUT2D eigenvalue weighted by Crippen LogP contribution is -2.42. The van der Waals surface area contributed by atoms with Gasteiger partial charge in [-0.3, -0.25) is 4.99 Å². The Morgan fingerprint density at radius 2 is 2.20 bits per heavy atom. The standard InChI is InChI=1S/C16H24N4/c1-10-7-11(2)15(20-12(10)3)9-19-14-6-4-5-13(8-17)16(14)18/h4-5,7-9,12-14,16-17,20H,6,18H2,1-3H3/t12-,13?,14?,16?/m1/s1. The van der Waals surface area contributed by atoms with Crippen LogP contribution in [0.4, 0.5) is 0 Å². The molecule has 4 N–H and O–H groups in total. The molecule has 4 atom stereocenters. The van der Waals surface area contributed by atoms with E-state index in [9.17, 15) is 0 Å². The van der Waals surface area contributed by atoms with Gasteiger partial charge in [-0.1, -0.05) is 23.8 Å². The highest BCUT2D eigenvalue weighted by Gasteiger charge is 2.25. The number of rotatable bonds is 3. The molecule has 0 saturated carbocycles. The first kappa shape index (κ1) is 14.7. The highest BCUT2D eigenvalue weighted by atomic mass is 15.0. The molecule has 0 aromatic rings. The van der Waals surface area contributed by atoms with Crippen LogP contribution in [-0.2, 0) is 0 Å². The molecule has 1 aliphatic carbocycles. The fourth-order valence-electron chi connectivity index (χ4n) is 2.56. The summed E-state index contributed by atoms with van der Waals surface area (Å²) in [7, 11) is 0. The summed E-state index contributed by atoms with van der Waals surface area (Å²) < 4.78 is 0. The fraction of sp³-hybridized carbons (Fsp3) is 0.500. The van der Waals surface area contributed by atoms with Crippen LogP contribution in [-0.4, -0.2) is 30.6 Å². The second-order valence-corrected chi connectivity index (χ2v) is 5.68. The number of dihydropyridines is 1. The number of nitrogens with two attached hydrogens (primary N) is 1. The Morgan fingerprint density at radius 1 is 1.45 bits per heavy atom. The molecule has 0 bridgehead atoms. The maximum atomic E-state index is 7.39. The zero-order chi connectivity index (χ0) is 14.7. The van der Waals surface area contributed by atoms with Crippen LogP contribution in [0.15, 0.2) is 40.1 Å². The Balaban J connectivity index is 2.12. The Morgan fingerprint density at radius 3 is 2.90 bits per heavy atom. The first-order valence-electron chi connectivity index (χ1n) is 7.14. The van der Waals surface area contributed by atoms with Crippen molar-refractivity contribution >= 4 is 12.4 Å². The van der Waals surface area contributed by atoms with Crippen molar-refractivity contribution < 1.29 is 0 Å². The lowest BCUT2D eigenvalue weighted by atomic mass is 9.88. The van der Waals surface area contributed by atoms with Crippen molar-refractivity contribution in [3.8, 4) is 0 Å². The summed E-state index contributed by atoms with van der Waals surface area (Å²) in [6, 6.07) is 0.290. The molecule has 108 valence electrons. The van der Waals surface area contributed by atoms with Crippen molar-refractivity contribution in [2.45, 2.75) is 45.3 Å². The molecule has 0 fully saturated rings. The van der Waals surface area contributed by atoms with E-state index in [1.54, 1.807) is 0 Å². The summed E-state index contributed by atoms with van der Waals surface area (Å²) in [5, 5.41) is 10.8. The Labute approximate surface area is 121 Å². The van der Waals surface area contributed by atoms with Crippen LogP contribution in [0.1, 0.15) is 27.2 Å². The van der Waals surface area contributed by atoms with Gasteiger partial charge in [0.1, 0.15) is 0 Å². The molecule has 20 heavy (non-hydrogen) atoms. The quantitative estimate of drug-likeness (QED) is 0.544. The van der Waals surface area contributed by atoms with E-state index in [0.717, 1.165) is 12.1 Å². The van der Waals surface area contributed by atoms with Crippen LogP contribution in [0.2, 0.25) is 0 Å². The van der Waals surface area contributed by atoms with Gasteiger partial charge < -0.3 is 16.5 Å². The first-order valence-corrected chi connectivity index (χ1v) is 7.14. The minimum absolute atomic E-state index is 0.00126. The molecule has 1 heterocycles. The van der Waals surface area contributed by atoms with E-state index in [1.165, 1.54) is 17.4 Å². The first-order chi connectivity index (χ1) is 9.52. The monoisotopic (exact) mass is 272 g/mol. The summed E-state index contributed by atoms with van der Waals surface area (Å²) in [6.07, 6.45) is 10.4. The van der Waals surface area contributed by atoms with Gasteiger partial charge in [-0.05, 0) is 32.8 Å². The lowest BCUT2D eigenvalue weighted by molar-refractivity contribution is 0.476. The summed E-state index contributed by atoms with van der Waals surface area (Å²) in [4.78, 5) is 4.64. The van der Waals surface area contributed by atoms with E-state index < -0.39 is 0 Å². The van der Waals surface area contributed by atoms with Crippen molar-refractivity contribution in [1.82, 2.24) is 5.32 Å². The predicted octanol–water partition coefficient (Wildman–Crippen LogP) is 2.19. The zero-order valence-corrected chi connectivity index (χ0v) is 12.4. The minimum atomic E-state index is -0.104. The van der Waals surface area contributed by atoms with Crippen molar-refractivity contribution in [1.29, 1.82) is 5.41 Å². The Hall–Kier alpha value is -1.68. The van der Waals surface area contributed by atoms with E-state index in [4.69, 9.17) is 11.1 Å². The molecule has 0 aromatic heterocycles. The predicted molar refractivity (Wildman–Crippen MR) is 85.3 cm³/mol. The molecule has 2 rings (SSSR count). The number of nitrogens with zero attached hydrogens (tertiary/aromatic N) is 1. The lowest BCUT2D eigenvalue weighted by Gasteiger charge is -2.28. The maximum absolute atomic E-state index is 7.39. The molecule has 3 unspecified atom stereocenters. The summed E-state index contributed by atoms with van der Waals surface area (Å²) in [5.41, 5.74) is 9.77. The molecule has 0 spiro atoms. The number of hydrogen-bond acceptors (Lipinski definition) is 4. The van der Waals surface area contributed by atoms with Crippen molar-refractivity contribution in [3.63, 3.8) is 0 Å². The second kappa shape index (κ2) is 6.18. The molecule has 1 aliphatic heterocycles. The van der Waals surface area contributed by atoms with Gasteiger partial charge in [-0.2, -0.15) is 0 Å². The number of nitrogens with one attached hydrogen (secondary N) is 2. The molecular weight excluding hydrogens is 248 g/mol. The van der Waals surface area contributed by atoms with Gasteiger partial charge in [-0.25, -0.2) is 0 Å². The van der Waals surface area contributed by atoms with Gasteiger partial charge in [0, 0.05) is 30.4 Å². The molecule has 0 aromatic carbocycles. The highest BCUT2D eigenvalue weighted by Crippen LogP contribution is 2.19. The molecular formula is C16H24N4. The van der Waals surface area contributed by atoms with E-state index in [-0.39, 0.29) is 18.0 Å². The van der Waals surface area contributed by atoms with E-state index >= 15 is 0 Å². The van der Waals surface area contributed by atoms with Crippen LogP contribution >= 0.6 is 0 Å². The third-order valence-corrected chi connectivity index (χ3v) is 4.14. The molecule has 2 aliphatic rings. The molecule has 0 saturated heterocycles. The van der Waals surface area contributed by atoms with E-state index in [2.05, 4.69) is 43.2 Å². The minimum Gasteiger partial charge on any atom is -0.377 e. The number of aliphatic imine (C=N–C) groups is 1. The van der Waals surface area contributed by atoms with Gasteiger partial charge in [0.05, 0.1) is 11.7 Å². The maximum Gasteiger partial charge on any atom is 0.0695 e. The third-order valence-electron chi connectivity index (χ3n) is 4.14. The largest absolute Gasteiger partial charge is 0.377 e. The summed E-state index contributed by atoms with van der Waals surface area (Å²) >= 11 is 0. The van der Waals surface area contributed by atoms with Crippen molar-refractivity contribution in [2.24, 2.45) is 16.6 Å².